The van der Waals surface area contributed by atoms with Crippen molar-refractivity contribution in [2.24, 2.45) is 0 Å². The number of carbonyl (C=O) groups is 2. The van der Waals surface area contributed by atoms with Crippen LogP contribution in [-0.4, -0.2) is 16.8 Å². The number of rotatable bonds is 5. The minimum atomic E-state index is -0.471. The topological polar surface area (TPSA) is 62.3 Å². The van der Waals surface area contributed by atoms with Gasteiger partial charge in [-0.15, -0.1) is 0 Å². The van der Waals surface area contributed by atoms with Crippen LogP contribution in [0.4, 0.5) is 21.6 Å². The van der Waals surface area contributed by atoms with Crippen molar-refractivity contribution in [3.63, 3.8) is 0 Å². The number of carbonyl (C=O) groups excluding carboxylic acids is 2. The van der Waals surface area contributed by atoms with Crippen molar-refractivity contribution in [3.8, 4) is 0 Å². The largest absolute Gasteiger partial charge is 0.326 e. The van der Waals surface area contributed by atoms with Crippen molar-refractivity contribution in [1.29, 1.82) is 0 Å². The summed E-state index contributed by atoms with van der Waals surface area (Å²) in [5.74, 6) is -0.792. The summed E-state index contributed by atoms with van der Waals surface area (Å²) in [6, 6.07) is 13.9. The van der Waals surface area contributed by atoms with Crippen LogP contribution in [0.1, 0.15) is 12.5 Å². The van der Waals surface area contributed by atoms with Crippen LogP contribution in [-0.2, 0) is 16.0 Å². The third kappa shape index (κ3) is 5.10. The van der Waals surface area contributed by atoms with Gasteiger partial charge in [-0.05, 0) is 35.9 Å². The Kier molecular flexibility index (Phi) is 6.46. The molecule has 0 unspecified atom stereocenters. The lowest BCUT2D eigenvalue weighted by molar-refractivity contribution is -0.116. The molecule has 1 heterocycles. The number of nitrogens with one attached hydrogen (secondary N) is 1. The van der Waals surface area contributed by atoms with Crippen molar-refractivity contribution < 1.29 is 14.0 Å². The van der Waals surface area contributed by atoms with Gasteiger partial charge >= 0.3 is 0 Å². The van der Waals surface area contributed by atoms with E-state index in [1.807, 2.05) is 0 Å². The summed E-state index contributed by atoms with van der Waals surface area (Å²) < 4.78 is 13.2. The summed E-state index contributed by atoms with van der Waals surface area (Å²) in [4.78, 5) is 30.2. The molecule has 3 aromatic rings. The average Bonchev–Trinajstić information content (AvgIpc) is 2.66. The van der Waals surface area contributed by atoms with Gasteiger partial charge < -0.3 is 5.32 Å². The minimum Gasteiger partial charge on any atom is -0.326 e. The molecule has 0 aliphatic carbocycles. The van der Waals surface area contributed by atoms with E-state index in [1.54, 1.807) is 36.4 Å². The maximum Gasteiger partial charge on any atom is 0.229 e. The molecule has 8 heteroatoms. The first-order valence-corrected chi connectivity index (χ1v) is 9.36. The van der Waals surface area contributed by atoms with Gasteiger partial charge in [0.25, 0.3) is 0 Å². The van der Waals surface area contributed by atoms with E-state index in [2.05, 4.69) is 10.3 Å². The van der Waals surface area contributed by atoms with E-state index in [0.717, 1.165) is 6.07 Å². The Labute approximate surface area is 177 Å². The third-order valence-electron chi connectivity index (χ3n) is 4.03. The first-order chi connectivity index (χ1) is 13.8. The number of hydrogen-bond donors (Lipinski definition) is 1. The van der Waals surface area contributed by atoms with Gasteiger partial charge in [0.2, 0.25) is 11.8 Å². The zero-order valence-corrected chi connectivity index (χ0v) is 16.8. The molecule has 0 atom stereocenters. The Balaban J connectivity index is 1.82. The summed E-state index contributed by atoms with van der Waals surface area (Å²) in [7, 11) is 0. The molecule has 1 aromatic heterocycles. The number of nitrogens with zero attached hydrogens (tertiary/aromatic N) is 2. The van der Waals surface area contributed by atoms with Crippen molar-refractivity contribution >= 4 is 52.2 Å². The number of pyridine rings is 1. The van der Waals surface area contributed by atoms with Crippen LogP contribution in [0.5, 0.6) is 0 Å². The molecular formula is C21H16Cl2FN3O2. The van der Waals surface area contributed by atoms with Crippen LogP contribution in [0, 0.1) is 5.82 Å². The second kappa shape index (κ2) is 9.03. The van der Waals surface area contributed by atoms with Crippen LogP contribution in [0.3, 0.4) is 0 Å². The molecule has 0 fully saturated rings. The Bertz CT molecular complexity index is 1080. The summed E-state index contributed by atoms with van der Waals surface area (Å²) in [5.41, 5.74) is 1.42. The molecule has 148 valence electrons. The van der Waals surface area contributed by atoms with E-state index >= 15 is 0 Å². The van der Waals surface area contributed by atoms with Gasteiger partial charge in [0.05, 0.1) is 17.1 Å². The summed E-state index contributed by atoms with van der Waals surface area (Å²) in [6.45, 7) is 1.40. The van der Waals surface area contributed by atoms with Crippen LogP contribution in [0.15, 0.2) is 60.8 Å². The molecule has 3 rings (SSSR count). The van der Waals surface area contributed by atoms with E-state index in [1.165, 1.54) is 30.2 Å². The van der Waals surface area contributed by atoms with Gasteiger partial charge in [-0.25, -0.2) is 9.37 Å². The molecule has 0 aliphatic heterocycles. The monoisotopic (exact) mass is 431 g/mol. The minimum absolute atomic E-state index is 0.0301. The molecule has 0 radical (unpaired) electrons. The zero-order chi connectivity index (χ0) is 21.0. The zero-order valence-electron chi connectivity index (χ0n) is 15.3. The van der Waals surface area contributed by atoms with Gasteiger partial charge in [-0.2, -0.15) is 0 Å². The van der Waals surface area contributed by atoms with E-state index < -0.39 is 5.82 Å². The molecule has 0 saturated carbocycles. The van der Waals surface area contributed by atoms with E-state index in [4.69, 9.17) is 23.2 Å². The predicted octanol–water partition coefficient (Wildman–Crippen LogP) is 5.39. The standard InChI is InChI=1S/C21H16Cl2FN3O2/c1-13(28)27(19-5-3-2-4-17(19)22)20-12-16(8-9-25-20)26-21(29)10-14-6-7-15(24)11-18(14)23/h2-9,11-12H,10H2,1H3,(H,25,26,29). The third-order valence-corrected chi connectivity index (χ3v) is 4.70. The molecule has 2 amide bonds. The fourth-order valence-corrected chi connectivity index (χ4v) is 3.20. The van der Waals surface area contributed by atoms with Crippen molar-refractivity contribution in [3.05, 3.63) is 82.2 Å². The molecule has 0 bridgehead atoms. The summed E-state index contributed by atoms with van der Waals surface area (Å²) >= 11 is 12.2. The number of benzene rings is 2. The number of halogens is 3. The second-order valence-corrected chi connectivity index (χ2v) is 6.98. The molecule has 2 aromatic carbocycles. The molecular weight excluding hydrogens is 416 g/mol. The number of anilines is 3. The maximum absolute atomic E-state index is 13.2. The lowest BCUT2D eigenvalue weighted by Gasteiger charge is -2.21. The van der Waals surface area contributed by atoms with Crippen LogP contribution >= 0.6 is 23.2 Å². The number of para-hydroxylation sites is 1. The second-order valence-electron chi connectivity index (χ2n) is 6.17. The van der Waals surface area contributed by atoms with E-state index in [-0.39, 0.29) is 23.3 Å². The lowest BCUT2D eigenvalue weighted by atomic mass is 10.1. The van der Waals surface area contributed by atoms with Crippen molar-refractivity contribution in [2.75, 3.05) is 10.2 Å². The quantitative estimate of drug-likeness (QED) is 0.588. The smallest absolute Gasteiger partial charge is 0.229 e. The molecule has 29 heavy (non-hydrogen) atoms. The Hall–Kier alpha value is -2.96. The average molecular weight is 432 g/mol. The number of aromatic nitrogens is 1. The highest BCUT2D eigenvalue weighted by Crippen LogP contribution is 2.31. The van der Waals surface area contributed by atoms with E-state index in [0.29, 0.717) is 27.8 Å². The van der Waals surface area contributed by atoms with Gasteiger partial charge in [-0.3, -0.25) is 14.5 Å². The summed E-state index contributed by atoms with van der Waals surface area (Å²) in [5, 5.41) is 3.30. The highest BCUT2D eigenvalue weighted by Gasteiger charge is 2.19. The molecule has 0 saturated heterocycles. The predicted molar refractivity (Wildman–Crippen MR) is 112 cm³/mol. The highest BCUT2D eigenvalue weighted by molar-refractivity contribution is 6.34. The van der Waals surface area contributed by atoms with E-state index in [9.17, 15) is 14.0 Å². The molecule has 0 spiro atoms. The Morgan fingerprint density at radius 2 is 1.83 bits per heavy atom. The Morgan fingerprint density at radius 3 is 2.52 bits per heavy atom. The normalized spacial score (nSPS) is 10.5. The summed E-state index contributed by atoms with van der Waals surface area (Å²) in [6.07, 6.45) is 1.44. The maximum atomic E-state index is 13.2. The molecule has 1 N–H and O–H groups in total. The Morgan fingerprint density at radius 1 is 1.07 bits per heavy atom. The van der Waals surface area contributed by atoms with Crippen LogP contribution in [0.25, 0.3) is 0 Å². The fourth-order valence-electron chi connectivity index (χ4n) is 2.75. The van der Waals surface area contributed by atoms with Crippen molar-refractivity contribution in [1.82, 2.24) is 4.98 Å². The van der Waals surface area contributed by atoms with Gasteiger partial charge in [0, 0.05) is 29.9 Å². The van der Waals surface area contributed by atoms with Gasteiger partial charge in [0.1, 0.15) is 11.6 Å². The first-order valence-electron chi connectivity index (χ1n) is 8.60. The van der Waals surface area contributed by atoms with Crippen LogP contribution < -0.4 is 10.2 Å². The SMILES string of the molecule is CC(=O)N(c1cc(NC(=O)Cc2ccc(F)cc2Cl)ccn1)c1ccccc1Cl. The fraction of sp³-hybridized carbons (Fsp3) is 0.0952. The number of hydrogen-bond acceptors (Lipinski definition) is 3. The molecule has 5 nitrogen and oxygen atoms in total. The molecule has 0 aliphatic rings. The van der Waals surface area contributed by atoms with Gasteiger partial charge in [-0.1, -0.05) is 41.4 Å². The van der Waals surface area contributed by atoms with Crippen molar-refractivity contribution in [2.45, 2.75) is 13.3 Å². The highest BCUT2D eigenvalue weighted by atomic mass is 35.5. The van der Waals surface area contributed by atoms with Gasteiger partial charge in [0.15, 0.2) is 0 Å². The first kappa shape index (κ1) is 20.8. The van der Waals surface area contributed by atoms with Crippen LogP contribution in [0.2, 0.25) is 10.0 Å². The lowest BCUT2D eigenvalue weighted by Crippen LogP contribution is -2.24. The number of amides is 2.